The van der Waals surface area contributed by atoms with E-state index < -0.39 is 16.7 Å². The minimum absolute atomic E-state index is 0.153. The first-order chi connectivity index (χ1) is 13.4. The first-order valence-electron chi connectivity index (χ1n) is 8.17. The molecule has 28 heavy (non-hydrogen) atoms. The van der Waals surface area contributed by atoms with E-state index in [1.165, 1.54) is 24.4 Å². The average Bonchev–Trinajstić information content (AvgIpc) is 2.68. The molecule has 2 rings (SSSR count). The molecule has 0 aromatic heterocycles. The summed E-state index contributed by atoms with van der Waals surface area (Å²) in [6.45, 7) is 2.08. The monoisotopic (exact) mass is 404 g/mol. The molecular formula is C18H17ClN4O5. The summed E-state index contributed by atoms with van der Waals surface area (Å²) in [5.41, 5.74) is 2.70. The number of amides is 2. The summed E-state index contributed by atoms with van der Waals surface area (Å²) in [6.07, 6.45) is 1.18. The van der Waals surface area contributed by atoms with Crippen LogP contribution in [-0.4, -0.2) is 36.1 Å². The molecule has 0 heterocycles. The van der Waals surface area contributed by atoms with Gasteiger partial charge in [-0.15, -0.1) is 0 Å². The lowest BCUT2D eigenvalue weighted by Gasteiger charge is -2.06. The second kappa shape index (κ2) is 10.0. The lowest BCUT2D eigenvalue weighted by Crippen LogP contribution is -2.34. The van der Waals surface area contributed by atoms with E-state index in [4.69, 9.17) is 16.3 Å². The number of nitrogens with one attached hydrogen (secondary N) is 2. The van der Waals surface area contributed by atoms with Crippen molar-refractivity contribution in [3.63, 3.8) is 0 Å². The predicted molar refractivity (Wildman–Crippen MR) is 104 cm³/mol. The van der Waals surface area contributed by atoms with Crippen LogP contribution < -0.4 is 15.5 Å². The number of benzene rings is 2. The fourth-order valence-electron chi connectivity index (χ4n) is 2.09. The van der Waals surface area contributed by atoms with Crippen LogP contribution in [0.3, 0.4) is 0 Å². The van der Waals surface area contributed by atoms with E-state index in [0.29, 0.717) is 17.9 Å². The molecule has 2 aromatic carbocycles. The van der Waals surface area contributed by atoms with Gasteiger partial charge < -0.3 is 10.1 Å². The minimum Gasteiger partial charge on any atom is -0.494 e. The Morgan fingerprint density at radius 1 is 1.25 bits per heavy atom. The number of hydrazone groups is 1. The Morgan fingerprint density at radius 2 is 1.96 bits per heavy atom. The van der Waals surface area contributed by atoms with Crippen molar-refractivity contribution in [3.05, 3.63) is 68.7 Å². The van der Waals surface area contributed by atoms with Crippen molar-refractivity contribution in [1.29, 1.82) is 0 Å². The zero-order valence-corrected chi connectivity index (χ0v) is 15.6. The molecule has 0 fully saturated rings. The normalized spacial score (nSPS) is 10.5. The van der Waals surface area contributed by atoms with Crippen LogP contribution in [0.4, 0.5) is 5.69 Å². The summed E-state index contributed by atoms with van der Waals surface area (Å²) in [4.78, 5) is 34.0. The molecule has 146 valence electrons. The molecule has 9 nitrogen and oxygen atoms in total. The smallest absolute Gasteiger partial charge is 0.270 e. The zero-order chi connectivity index (χ0) is 20.5. The van der Waals surface area contributed by atoms with Crippen LogP contribution in [0.1, 0.15) is 22.8 Å². The quantitative estimate of drug-likeness (QED) is 0.397. The predicted octanol–water partition coefficient (Wildman–Crippen LogP) is 2.53. The number of hydrogen-bond donors (Lipinski definition) is 2. The van der Waals surface area contributed by atoms with Gasteiger partial charge in [0.25, 0.3) is 17.5 Å². The Hall–Kier alpha value is -3.46. The summed E-state index contributed by atoms with van der Waals surface area (Å²) in [7, 11) is 0. The Balaban J connectivity index is 1.85. The van der Waals surface area contributed by atoms with Crippen LogP contribution >= 0.6 is 11.6 Å². The third-order valence-corrected chi connectivity index (χ3v) is 3.76. The van der Waals surface area contributed by atoms with Crippen molar-refractivity contribution in [1.82, 2.24) is 10.7 Å². The van der Waals surface area contributed by atoms with E-state index in [1.807, 2.05) is 6.92 Å². The Bertz CT molecular complexity index is 899. The number of rotatable bonds is 8. The molecule has 0 bridgehead atoms. The molecule has 0 aliphatic carbocycles. The average molecular weight is 405 g/mol. The summed E-state index contributed by atoms with van der Waals surface area (Å²) in [5, 5.41) is 17.1. The largest absolute Gasteiger partial charge is 0.494 e. The molecule has 2 N–H and O–H groups in total. The maximum Gasteiger partial charge on any atom is 0.270 e. The van der Waals surface area contributed by atoms with E-state index in [1.54, 1.807) is 24.3 Å². The molecule has 0 saturated heterocycles. The van der Waals surface area contributed by atoms with Gasteiger partial charge in [0.15, 0.2) is 0 Å². The number of halogens is 1. The molecule has 2 aromatic rings. The molecular weight excluding hydrogens is 388 g/mol. The number of nitrogens with zero attached hydrogens (tertiary/aromatic N) is 2. The first-order valence-corrected chi connectivity index (χ1v) is 8.55. The van der Waals surface area contributed by atoms with E-state index in [-0.39, 0.29) is 22.8 Å². The minimum atomic E-state index is -0.572. The molecule has 10 heteroatoms. The van der Waals surface area contributed by atoms with Gasteiger partial charge in [-0.1, -0.05) is 11.6 Å². The van der Waals surface area contributed by atoms with E-state index >= 15 is 0 Å². The van der Waals surface area contributed by atoms with Crippen LogP contribution in [0, 0.1) is 10.1 Å². The van der Waals surface area contributed by atoms with Gasteiger partial charge in [-0.3, -0.25) is 19.7 Å². The molecule has 0 atom stereocenters. The van der Waals surface area contributed by atoms with Crippen LogP contribution in [0.2, 0.25) is 5.02 Å². The summed E-state index contributed by atoms with van der Waals surface area (Å²) in [6, 6.07) is 10.3. The van der Waals surface area contributed by atoms with Crippen molar-refractivity contribution in [2.45, 2.75) is 6.92 Å². The standard InChI is InChI=1S/C18H17ClN4O5/c1-2-28-15-6-3-12(4-7-15)18(25)20-11-17(24)22-21-10-13-9-14(23(26)27)5-8-16(13)19/h3-10H,2,11H2,1H3,(H,20,25)(H,22,24)/b21-10+. The topological polar surface area (TPSA) is 123 Å². The highest BCUT2D eigenvalue weighted by Crippen LogP contribution is 2.20. The maximum atomic E-state index is 12.0. The fraction of sp³-hybridized carbons (Fsp3) is 0.167. The molecule has 0 unspecified atom stereocenters. The summed E-state index contributed by atoms with van der Waals surface area (Å²) >= 11 is 5.93. The number of nitro groups is 1. The second-order valence-electron chi connectivity index (χ2n) is 5.40. The Labute approximate surface area is 165 Å². The number of carbonyl (C=O) groups excluding carboxylic acids is 2. The van der Waals surface area contributed by atoms with E-state index in [9.17, 15) is 19.7 Å². The van der Waals surface area contributed by atoms with Gasteiger partial charge >= 0.3 is 0 Å². The van der Waals surface area contributed by atoms with Gasteiger partial charge in [0.05, 0.1) is 24.3 Å². The van der Waals surface area contributed by atoms with Crippen molar-refractivity contribution >= 4 is 35.3 Å². The molecule has 0 radical (unpaired) electrons. The lowest BCUT2D eigenvalue weighted by molar-refractivity contribution is -0.384. The summed E-state index contributed by atoms with van der Waals surface area (Å²) in [5.74, 6) is -0.355. The van der Waals surface area contributed by atoms with Gasteiger partial charge in [0.2, 0.25) is 0 Å². The Morgan fingerprint density at radius 3 is 2.61 bits per heavy atom. The van der Waals surface area contributed by atoms with Crippen molar-refractivity contribution in [3.8, 4) is 5.75 Å². The summed E-state index contributed by atoms with van der Waals surface area (Å²) < 4.78 is 5.29. The zero-order valence-electron chi connectivity index (χ0n) is 14.8. The van der Waals surface area contributed by atoms with Gasteiger partial charge in [0.1, 0.15) is 5.75 Å². The van der Waals surface area contributed by atoms with Crippen LogP contribution in [0.25, 0.3) is 0 Å². The van der Waals surface area contributed by atoms with Crippen molar-refractivity contribution in [2.24, 2.45) is 5.10 Å². The fourth-order valence-corrected chi connectivity index (χ4v) is 2.26. The third kappa shape index (κ3) is 6.06. The van der Waals surface area contributed by atoms with Crippen LogP contribution in [0.15, 0.2) is 47.6 Å². The lowest BCUT2D eigenvalue weighted by atomic mass is 10.2. The first kappa shape index (κ1) is 20.8. The van der Waals surface area contributed by atoms with Crippen molar-refractivity contribution in [2.75, 3.05) is 13.2 Å². The molecule has 0 saturated carbocycles. The van der Waals surface area contributed by atoms with Crippen LogP contribution in [-0.2, 0) is 4.79 Å². The number of non-ortho nitro benzene ring substituents is 1. The highest BCUT2D eigenvalue weighted by Gasteiger charge is 2.09. The van der Waals surface area contributed by atoms with E-state index in [2.05, 4.69) is 15.8 Å². The molecule has 0 aliphatic heterocycles. The number of nitro benzene ring substituents is 1. The molecule has 2 amide bonds. The van der Waals surface area contributed by atoms with E-state index in [0.717, 1.165) is 0 Å². The Kier molecular flexibility index (Phi) is 7.46. The highest BCUT2D eigenvalue weighted by molar-refractivity contribution is 6.33. The highest BCUT2D eigenvalue weighted by atomic mass is 35.5. The SMILES string of the molecule is CCOc1ccc(C(=O)NCC(=O)N/N=C/c2cc([N+](=O)[O-])ccc2Cl)cc1. The van der Waals surface area contributed by atoms with Gasteiger partial charge in [-0.2, -0.15) is 5.10 Å². The maximum absolute atomic E-state index is 12.0. The van der Waals surface area contributed by atoms with Gasteiger partial charge in [0, 0.05) is 28.3 Å². The molecule has 0 spiro atoms. The number of carbonyl (C=O) groups is 2. The third-order valence-electron chi connectivity index (χ3n) is 3.42. The van der Waals surface area contributed by atoms with Gasteiger partial charge in [-0.05, 0) is 37.3 Å². The second-order valence-corrected chi connectivity index (χ2v) is 5.80. The molecule has 0 aliphatic rings. The number of ether oxygens (including phenoxy) is 1. The number of hydrogen-bond acceptors (Lipinski definition) is 6. The van der Waals surface area contributed by atoms with Gasteiger partial charge in [-0.25, -0.2) is 5.43 Å². The van der Waals surface area contributed by atoms with Crippen LogP contribution in [0.5, 0.6) is 5.75 Å². The van der Waals surface area contributed by atoms with Crippen molar-refractivity contribution < 1.29 is 19.2 Å².